The van der Waals surface area contributed by atoms with Gasteiger partial charge in [0.15, 0.2) is 17.3 Å². The van der Waals surface area contributed by atoms with Gasteiger partial charge in [0, 0.05) is 22.9 Å². The number of phenols is 1. The molecule has 0 bridgehead atoms. The van der Waals surface area contributed by atoms with Crippen molar-refractivity contribution in [2.24, 2.45) is 11.8 Å². The molecule has 0 saturated carbocycles. The molecule has 0 fully saturated rings. The summed E-state index contributed by atoms with van der Waals surface area (Å²) in [5.74, 6) is -3.36. The lowest BCUT2D eigenvalue weighted by Gasteiger charge is -2.38. The van der Waals surface area contributed by atoms with Crippen LogP contribution in [0.2, 0.25) is 0 Å². The maximum absolute atomic E-state index is 13.7. The Kier molecular flexibility index (Phi) is 6.91. The van der Waals surface area contributed by atoms with Crippen LogP contribution in [0.25, 0.3) is 0 Å². The quantitative estimate of drug-likeness (QED) is 0.510. The second-order valence-electron chi connectivity index (χ2n) is 7.92. The second kappa shape index (κ2) is 9.46. The summed E-state index contributed by atoms with van der Waals surface area (Å²) in [6.07, 6.45) is 0.448. The van der Waals surface area contributed by atoms with Crippen molar-refractivity contribution in [1.29, 1.82) is 0 Å². The minimum absolute atomic E-state index is 0.0641. The van der Waals surface area contributed by atoms with Crippen LogP contribution in [-0.4, -0.2) is 43.2 Å². The van der Waals surface area contributed by atoms with E-state index < -0.39 is 23.8 Å². The topological polar surface area (TPSA) is 111 Å². The molecular formula is C24H29NO7. The van der Waals surface area contributed by atoms with Crippen molar-refractivity contribution in [3.63, 3.8) is 0 Å². The van der Waals surface area contributed by atoms with E-state index in [1.54, 1.807) is 32.9 Å². The van der Waals surface area contributed by atoms with Gasteiger partial charge in [-0.05, 0) is 50.8 Å². The predicted molar refractivity (Wildman–Crippen MR) is 116 cm³/mol. The van der Waals surface area contributed by atoms with Crippen LogP contribution in [0.1, 0.15) is 45.6 Å². The van der Waals surface area contributed by atoms with Crippen molar-refractivity contribution in [1.82, 2.24) is 5.32 Å². The summed E-state index contributed by atoms with van der Waals surface area (Å²) in [5, 5.41) is 13.3. The molecule has 1 aromatic carbocycles. The van der Waals surface area contributed by atoms with Crippen LogP contribution in [0.5, 0.6) is 11.5 Å². The molecule has 2 aliphatic rings. The molecule has 0 spiro atoms. The Morgan fingerprint density at radius 2 is 1.88 bits per heavy atom. The first kappa shape index (κ1) is 23.4. The third-order valence-electron chi connectivity index (χ3n) is 5.86. The van der Waals surface area contributed by atoms with Crippen LogP contribution in [-0.2, 0) is 23.9 Å². The number of aromatic hydroxyl groups is 1. The SMILES string of the molecule is CCOC(=O)C1=C(C)NC2=C(C(=O)[C@H](C(=O)OCC)[C@H](C)C2)[C@H]1c1ccc(O)c(OC)c1. The van der Waals surface area contributed by atoms with Crippen LogP contribution in [0.15, 0.2) is 40.7 Å². The van der Waals surface area contributed by atoms with Crippen molar-refractivity contribution in [3.8, 4) is 11.5 Å². The number of carbonyl (C=O) groups excluding carboxylic acids is 3. The zero-order valence-electron chi connectivity index (χ0n) is 19.0. The van der Waals surface area contributed by atoms with Crippen LogP contribution in [0.4, 0.5) is 0 Å². The predicted octanol–water partition coefficient (Wildman–Crippen LogP) is 2.97. The van der Waals surface area contributed by atoms with E-state index in [1.807, 2.05) is 6.92 Å². The minimum atomic E-state index is -0.959. The Morgan fingerprint density at radius 1 is 1.19 bits per heavy atom. The maximum atomic E-state index is 13.7. The van der Waals surface area contributed by atoms with Gasteiger partial charge in [0.25, 0.3) is 0 Å². The number of ether oxygens (including phenoxy) is 3. The largest absolute Gasteiger partial charge is 0.504 e. The van der Waals surface area contributed by atoms with Gasteiger partial charge in [-0.1, -0.05) is 13.0 Å². The molecule has 0 saturated heterocycles. The van der Waals surface area contributed by atoms with E-state index in [0.717, 1.165) is 0 Å². The monoisotopic (exact) mass is 443 g/mol. The fraction of sp³-hybridized carbons (Fsp3) is 0.458. The Bertz CT molecular complexity index is 1010. The number of methoxy groups -OCH3 is 1. The van der Waals surface area contributed by atoms with Gasteiger partial charge in [0.2, 0.25) is 0 Å². The second-order valence-corrected chi connectivity index (χ2v) is 7.92. The normalized spacial score (nSPS) is 22.8. The van der Waals surface area contributed by atoms with Crippen molar-refractivity contribution in [2.45, 2.75) is 40.0 Å². The highest BCUT2D eigenvalue weighted by Gasteiger charge is 2.47. The first-order valence-electron chi connectivity index (χ1n) is 10.7. The Balaban J connectivity index is 2.20. The van der Waals surface area contributed by atoms with Gasteiger partial charge in [-0.15, -0.1) is 0 Å². The highest BCUT2D eigenvalue weighted by Crippen LogP contribution is 2.46. The number of Topliss-reactive ketones (excluding diaryl/α,β-unsaturated/α-hetero) is 1. The summed E-state index contributed by atoms with van der Waals surface area (Å²) in [6.45, 7) is 7.34. The van der Waals surface area contributed by atoms with Crippen LogP contribution in [0, 0.1) is 11.8 Å². The third-order valence-corrected chi connectivity index (χ3v) is 5.86. The fourth-order valence-corrected chi connectivity index (χ4v) is 4.47. The van der Waals surface area contributed by atoms with E-state index in [0.29, 0.717) is 29.0 Å². The van der Waals surface area contributed by atoms with Gasteiger partial charge in [0.1, 0.15) is 5.92 Å². The van der Waals surface area contributed by atoms with Crippen LogP contribution < -0.4 is 10.1 Å². The summed E-state index contributed by atoms with van der Waals surface area (Å²) >= 11 is 0. The summed E-state index contributed by atoms with van der Waals surface area (Å²) < 4.78 is 15.7. The zero-order valence-corrected chi connectivity index (χ0v) is 19.0. The summed E-state index contributed by atoms with van der Waals surface area (Å²) in [7, 11) is 1.42. The van der Waals surface area contributed by atoms with Gasteiger partial charge >= 0.3 is 11.9 Å². The molecule has 8 heteroatoms. The number of hydrogen-bond donors (Lipinski definition) is 2. The first-order valence-corrected chi connectivity index (χ1v) is 10.7. The van der Waals surface area contributed by atoms with E-state index in [9.17, 15) is 19.5 Å². The van der Waals surface area contributed by atoms with Crippen LogP contribution >= 0.6 is 0 Å². The Hall–Kier alpha value is -3.29. The molecule has 1 aliphatic carbocycles. The molecule has 3 atom stereocenters. The highest BCUT2D eigenvalue weighted by molar-refractivity contribution is 6.12. The lowest BCUT2D eigenvalue weighted by molar-refractivity contribution is -0.153. The molecule has 1 aromatic rings. The lowest BCUT2D eigenvalue weighted by Crippen LogP contribution is -2.43. The van der Waals surface area contributed by atoms with Crippen molar-refractivity contribution in [2.75, 3.05) is 20.3 Å². The fourth-order valence-electron chi connectivity index (χ4n) is 4.47. The van der Waals surface area contributed by atoms with Crippen molar-refractivity contribution < 1.29 is 33.7 Å². The summed E-state index contributed by atoms with van der Waals surface area (Å²) in [5.41, 5.74) is 2.44. The lowest BCUT2D eigenvalue weighted by atomic mass is 9.69. The molecule has 1 heterocycles. The molecule has 32 heavy (non-hydrogen) atoms. The molecule has 2 N–H and O–H groups in total. The van der Waals surface area contributed by atoms with Gasteiger partial charge in [-0.3, -0.25) is 9.59 Å². The molecule has 0 amide bonds. The molecule has 8 nitrogen and oxygen atoms in total. The van der Waals surface area contributed by atoms with Crippen molar-refractivity contribution >= 4 is 17.7 Å². The molecule has 0 radical (unpaired) electrons. The average Bonchev–Trinajstić information content (AvgIpc) is 2.73. The van der Waals surface area contributed by atoms with E-state index in [2.05, 4.69) is 5.32 Å². The number of esters is 2. The number of phenolic OH excluding ortho intramolecular Hbond substituents is 1. The minimum Gasteiger partial charge on any atom is -0.504 e. The Morgan fingerprint density at radius 3 is 2.50 bits per heavy atom. The van der Waals surface area contributed by atoms with Gasteiger partial charge in [-0.2, -0.15) is 0 Å². The smallest absolute Gasteiger partial charge is 0.336 e. The number of nitrogens with one attached hydrogen (secondary N) is 1. The van der Waals surface area contributed by atoms with E-state index in [1.165, 1.54) is 13.2 Å². The average molecular weight is 443 g/mol. The first-order chi connectivity index (χ1) is 15.2. The molecule has 1 aliphatic heterocycles. The number of carbonyl (C=O) groups is 3. The third kappa shape index (κ3) is 4.09. The standard InChI is InChI=1S/C24H29NO7/c1-6-31-23(28)18-12(3)10-15-21(22(18)27)20(14-8-9-16(26)17(11-14)30-5)19(13(4)25-15)24(29)32-7-2/h8-9,11-12,18,20,25-26H,6-7,10H2,1-5H3/t12-,18-,20+/m1/s1. The molecule has 0 aromatic heterocycles. The van der Waals surface area contributed by atoms with Crippen LogP contribution in [0.3, 0.4) is 0 Å². The number of dihydropyridines is 1. The van der Waals surface area contributed by atoms with E-state index in [4.69, 9.17) is 14.2 Å². The number of hydrogen-bond acceptors (Lipinski definition) is 8. The summed E-state index contributed by atoms with van der Waals surface area (Å²) in [6, 6.07) is 4.68. The van der Waals surface area contributed by atoms with Gasteiger partial charge < -0.3 is 24.6 Å². The molecule has 0 unspecified atom stereocenters. The molecule has 172 valence electrons. The number of rotatable bonds is 6. The summed E-state index contributed by atoms with van der Waals surface area (Å²) in [4.78, 5) is 39.2. The van der Waals surface area contributed by atoms with E-state index in [-0.39, 0.29) is 42.0 Å². The maximum Gasteiger partial charge on any atom is 0.336 e. The number of allylic oxidation sites excluding steroid dienone is 3. The molecular weight excluding hydrogens is 414 g/mol. The van der Waals surface area contributed by atoms with E-state index >= 15 is 0 Å². The van der Waals surface area contributed by atoms with Gasteiger partial charge in [-0.25, -0.2) is 4.79 Å². The van der Waals surface area contributed by atoms with Crippen molar-refractivity contribution in [3.05, 3.63) is 46.3 Å². The molecule has 3 rings (SSSR count). The highest BCUT2D eigenvalue weighted by atomic mass is 16.5. The number of benzene rings is 1. The Labute approximate surface area is 187 Å². The van der Waals surface area contributed by atoms with Gasteiger partial charge in [0.05, 0.1) is 25.9 Å². The number of ketones is 1. The zero-order chi connectivity index (χ0) is 23.6.